The predicted octanol–water partition coefficient (Wildman–Crippen LogP) is 1.68. The van der Waals surface area contributed by atoms with Crippen molar-refractivity contribution in [1.82, 2.24) is 9.97 Å². The molecule has 0 atom stereocenters. The Bertz CT molecular complexity index is 1150. The Balaban J connectivity index is 0.00000480. The Labute approximate surface area is 198 Å². The summed E-state index contributed by atoms with van der Waals surface area (Å²) >= 11 is 0. The van der Waals surface area contributed by atoms with Gasteiger partial charge in [0.25, 0.3) is 0 Å². The first kappa shape index (κ1) is 27.1. The van der Waals surface area contributed by atoms with Gasteiger partial charge in [-0.2, -0.15) is 17.5 Å². The minimum absolute atomic E-state index is 0. The van der Waals surface area contributed by atoms with E-state index < -0.39 is 19.7 Å². The summed E-state index contributed by atoms with van der Waals surface area (Å²) in [6, 6.07) is 8.85. The van der Waals surface area contributed by atoms with Crippen LogP contribution >= 0.6 is 0 Å². The molecule has 1 aromatic heterocycles. The number of nitrogens with zero attached hydrogens (tertiary/aromatic N) is 3. The molecule has 0 amide bonds. The van der Waals surface area contributed by atoms with Crippen LogP contribution in [0.1, 0.15) is 23.7 Å². The second kappa shape index (κ2) is 12.2. The standard InChI is InChI=1S/C20H24N4O4S2.W/c1-4-30(27,28)12-9-16-6-5-7-17(14-16)19(22-11-13-29(3,25)26)15-18-8-10-23-20(21-2)24-18;/h5-8,10,14H,4,9,12-13H2,1-3H3,(H,21,23,24);/q-2;+2. The van der Waals surface area contributed by atoms with Gasteiger partial charge in [-0.05, 0) is 12.6 Å². The first-order valence-electron chi connectivity index (χ1n) is 9.17. The van der Waals surface area contributed by atoms with Gasteiger partial charge in [0, 0.05) is 24.8 Å². The molecule has 11 heteroatoms. The smallest absolute Gasteiger partial charge is 0.480 e. The van der Waals surface area contributed by atoms with Crippen LogP contribution in [0.4, 0.5) is 5.95 Å². The summed E-state index contributed by atoms with van der Waals surface area (Å²) < 4.78 is 46.4. The van der Waals surface area contributed by atoms with Crippen LogP contribution in [0.2, 0.25) is 0 Å². The number of sulfone groups is 2. The molecular weight excluding hydrogens is 608 g/mol. The van der Waals surface area contributed by atoms with Crippen LogP contribution in [-0.4, -0.2) is 63.6 Å². The van der Waals surface area contributed by atoms with Crippen LogP contribution < -0.4 is 5.32 Å². The number of benzene rings is 1. The average Bonchev–Trinajstić information content (AvgIpc) is 2.71. The van der Waals surface area contributed by atoms with Gasteiger partial charge in [-0.3, -0.25) is 0 Å². The van der Waals surface area contributed by atoms with Crippen LogP contribution in [-0.2, 0) is 47.2 Å². The number of nitrogens with one attached hydrogen (secondary N) is 1. The summed E-state index contributed by atoms with van der Waals surface area (Å²) in [5.74, 6) is 0.217. The monoisotopic (exact) mass is 632 g/mol. The summed E-state index contributed by atoms with van der Waals surface area (Å²) in [6.07, 6.45) is 8.62. The molecule has 0 aliphatic carbocycles. The molecule has 0 fully saturated rings. The second-order valence-corrected chi connectivity index (χ2v) is 11.1. The first-order chi connectivity index (χ1) is 14.1. The first-order valence-corrected chi connectivity index (χ1v) is 13.1. The van der Waals surface area contributed by atoms with Crippen molar-refractivity contribution in [3.63, 3.8) is 0 Å². The third kappa shape index (κ3) is 9.84. The van der Waals surface area contributed by atoms with Gasteiger partial charge in [0.2, 0.25) is 5.95 Å². The molecule has 0 bridgehead atoms. The predicted molar refractivity (Wildman–Crippen MR) is 119 cm³/mol. The fraction of sp³-hybridized carbons (Fsp3) is 0.350. The van der Waals surface area contributed by atoms with E-state index in [9.17, 15) is 16.8 Å². The van der Waals surface area contributed by atoms with Crippen LogP contribution in [0.5, 0.6) is 0 Å². The molecule has 2 aromatic rings. The van der Waals surface area contributed by atoms with E-state index in [0.717, 1.165) is 11.8 Å². The Hall–Kier alpha value is -1.90. The van der Waals surface area contributed by atoms with Crippen molar-refractivity contribution < 1.29 is 37.9 Å². The van der Waals surface area contributed by atoms with Gasteiger partial charge in [0.15, 0.2) is 0 Å². The molecule has 0 spiro atoms. The van der Waals surface area contributed by atoms with Crippen molar-refractivity contribution in [2.24, 2.45) is 4.99 Å². The van der Waals surface area contributed by atoms with E-state index in [-0.39, 0.29) is 38.3 Å². The van der Waals surface area contributed by atoms with E-state index in [1.54, 1.807) is 44.4 Å². The van der Waals surface area contributed by atoms with Crippen molar-refractivity contribution in [2.75, 3.05) is 35.9 Å². The van der Waals surface area contributed by atoms with Gasteiger partial charge in [0.05, 0.1) is 5.75 Å². The number of anilines is 1. The molecule has 8 nitrogen and oxygen atoms in total. The van der Waals surface area contributed by atoms with Gasteiger partial charge in [-0.15, -0.1) is 18.2 Å². The maximum Gasteiger partial charge on any atom is 2.00 e. The zero-order valence-corrected chi connectivity index (χ0v) is 22.1. The van der Waals surface area contributed by atoms with Gasteiger partial charge in [-0.1, -0.05) is 30.3 Å². The third-order valence-corrected chi connectivity index (χ3v) is 6.34. The molecule has 166 valence electrons. The Morgan fingerprint density at radius 3 is 2.58 bits per heavy atom. The van der Waals surface area contributed by atoms with E-state index in [2.05, 4.69) is 32.6 Å². The van der Waals surface area contributed by atoms with Crippen LogP contribution in [0, 0.1) is 6.08 Å². The Morgan fingerprint density at radius 2 is 1.94 bits per heavy atom. The molecule has 1 heterocycles. The van der Waals surface area contributed by atoms with Gasteiger partial charge in [-0.25, -0.2) is 32.9 Å². The van der Waals surface area contributed by atoms with E-state index in [1.807, 2.05) is 6.07 Å². The molecule has 0 unspecified atom stereocenters. The zero-order valence-electron chi connectivity index (χ0n) is 17.5. The maximum atomic E-state index is 11.8. The number of aromatic nitrogens is 2. The number of hydrogen-bond acceptors (Lipinski definition) is 8. The summed E-state index contributed by atoms with van der Waals surface area (Å²) in [6.45, 7) is 1.62. The molecule has 1 N–H and O–H groups in total. The van der Waals surface area contributed by atoms with E-state index in [0.29, 0.717) is 29.3 Å². The molecule has 0 saturated carbocycles. The number of aryl methyl sites for hydroxylation is 1. The SMILES string of the molecule is CCS(=O)(=O)CCc1cccc(C(=[C-]c2ccnc(NC)n2)N=[C-]CS(C)(=O)=O)c1.[W+2]. The normalized spacial score (nSPS) is 12.5. The summed E-state index contributed by atoms with van der Waals surface area (Å²) in [4.78, 5) is 12.5. The van der Waals surface area contributed by atoms with Crippen LogP contribution in [0.3, 0.4) is 0 Å². The quantitative estimate of drug-likeness (QED) is 0.313. The molecule has 0 aliphatic rings. The number of aliphatic imine (C=N–C) groups is 1. The van der Waals surface area contributed by atoms with Crippen molar-refractivity contribution in [1.29, 1.82) is 0 Å². The fourth-order valence-electron chi connectivity index (χ4n) is 2.36. The number of hydrogen-bond donors (Lipinski definition) is 1. The van der Waals surface area contributed by atoms with Gasteiger partial charge in [0.1, 0.15) is 19.7 Å². The van der Waals surface area contributed by atoms with Crippen molar-refractivity contribution in [3.8, 4) is 0 Å². The molecular formula is C20H24N4O4S2W. The second-order valence-electron chi connectivity index (χ2n) is 6.52. The van der Waals surface area contributed by atoms with E-state index in [1.165, 1.54) is 0 Å². The summed E-state index contributed by atoms with van der Waals surface area (Å²) in [7, 11) is -4.67. The minimum atomic E-state index is -3.27. The van der Waals surface area contributed by atoms with Gasteiger partial charge >= 0.3 is 21.1 Å². The van der Waals surface area contributed by atoms with Crippen molar-refractivity contribution in [3.05, 3.63) is 59.4 Å². The maximum absolute atomic E-state index is 11.8. The molecule has 0 saturated heterocycles. The van der Waals surface area contributed by atoms with Crippen LogP contribution in [0.15, 0.2) is 41.5 Å². The molecule has 2 rings (SSSR count). The molecule has 31 heavy (non-hydrogen) atoms. The number of rotatable bonds is 10. The van der Waals surface area contributed by atoms with Crippen molar-refractivity contribution >= 4 is 37.5 Å². The van der Waals surface area contributed by atoms with Crippen molar-refractivity contribution in [2.45, 2.75) is 13.3 Å². The van der Waals surface area contributed by atoms with Crippen LogP contribution in [0.25, 0.3) is 5.70 Å². The minimum Gasteiger partial charge on any atom is -0.480 e. The molecule has 0 aliphatic heterocycles. The Kier molecular flexibility index (Phi) is 10.7. The molecule has 1 aromatic carbocycles. The van der Waals surface area contributed by atoms with E-state index >= 15 is 0 Å². The summed E-state index contributed by atoms with van der Waals surface area (Å²) in [5.41, 5.74) is 2.25. The van der Waals surface area contributed by atoms with Gasteiger partial charge < -0.3 is 10.3 Å². The van der Waals surface area contributed by atoms with E-state index in [4.69, 9.17) is 0 Å². The zero-order chi connectivity index (χ0) is 22.2. The average molecular weight is 632 g/mol. The topological polar surface area (TPSA) is 118 Å². The third-order valence-electron chi connectivity index (χ3n) is 3.99. The fourth-order valence-corrected chi connectivity index (χ4v) is 3.49. The largest absolute Gasteiger partial charge is 2.00 e. The summed E-state index contributed by atoms with van der Waals surface area (Å²) in [5, 5.41) is 2.83. The molecule has 0 radical (unpaired) electrons. The Morgan fingerprint density at radius 1 is 1.19 bits per heavy atom.